The quantitative estimate of drug-likeness (QED) is 0.814. The standard InChI is InChI=1S/C11H15N3O2/c1-2-14(7-8-3-4-8)11-12-6-5-9(13-11)10(15)16/h5-6,8H,2-4,7H2,1H3,(H,15,16). The molecule has 0 bridgehead atoms. The van der Waals surface area contributed by atoms with Gasteiger partial charge in [-0.15, -0.1) is 0 Å². The van der Waals surface area contributed by atoms with Crippen LogP contribution >= 0.6 is 0 Å². The van der Waals surface area contributed by atoms with Crippen LogP contribution in [-0.4, -0.2) is 34.1 Å². The molecule has 1 heterocycles. The van der Waals surface area contributed by atoms with Gasteiger partial charge in [0.25, 0.3) is 0 Å². The van der Waals surface area contributed by atoms with Gasteiger partial charge in [0.05, 0.1) is 0 Å². The van der Waals surface area contributed by atoms with E-state index in [1.807, 2.05) is 11.8 Å². The van der Waals surface area contributed by atoms with E-state index >= 15 is 0 Å². The number of aromatic carboxylic acids is 1. The zero-order chi connectivity index (χ0) is 11.5. The first-order valence-electron chi connectivity index (χ1n) is 5.52. The molecule has 0 atom stereocenters. The molecule has 0 amide bonds. The fraction of sp³-hybridized carbons (Fsp3) is 0.545. The van der Waals surface area contributed by atoms with Crippen LogP contribution in [0.1, 0.15) is 30.3 Å². The molecular formula is C11H15N3O2. The van der Waals surface area contributed by atoms with Gasteiger partial charge in [-0.1, -0.05) is 0 Å². The van der Waals surface area contributed by atoms with Crippen molar-refractivity contribution in [3.63, 3.8) is 0 Å². The maximum atomic E-state index is 10.8. The van der Waals surface area contributed by atoms with Gasteiger partial charge in [0.2, 0.25) is 5.95 Å². The van der Waals surface area contributed by atoms with E-state index in [1.165, 1.54) is 25.1 Å². The van der Waals surface area contributed by atoms with Gasteiger partial charge in [-0.3, -0.25) is 0 Å². The fourth-order valence-corrected chi connectivity index (χ4v) is 1.58. The highest BCUT2D eigenvalue weighted by molar-refractivity contribution is 5.85. The molecule has 5 heteroatoms. The minimum atomic E-state index is -1.01. The zero-order valence-electron chi connectivity index (χ0n) is 9.26. The summed E-state index contributed by atoms with van der Waals surface area (Å²) in [4.78, 5) is 21.0. The van der Waals surface area contributed by atoms with Crippen LogP contribution in [0.5, 0.6) is 0 Å². The van der Waals surface area contributed by atoms with Crippen molar-refractivity contribution in [1.29, 1.82) is 0 Å². The maximum Gasteiger partial charge on any atom is 0.354 e. The summed E-state index contributed by atoms with van der Waals surface area (Å²) in [5.74, 6) is 0.248. The summed E-state index contributed by atoms with van der Waals surface area (Å²) in [5, 5.41) is 8.85. The number of anilines is 1. The Balaban J connectivity index is 2.15. The van der Waals surface area contributed by atoms with Crippen LogP contribution in [0.4, 0.5) is 5.95 Å². The summed E-state index contributed by atoms with van der Waals surface area (Å²) in [6, 6.07) is 1.41. The van der Waals surface area contributed by atoms with Crippen LogP contribution in [0.3, 0.4) is 0 Å². The molecule has 1 fully saturated rings. The Kier molecular flexibility index (Phi) is 3.03. The van der Waals surface area contributed by atoms with Crippen molar-refractivity contribution in [2.45, 2.75) is 19.8 Å². The number of rotatable bonds is 5. The first-order chi connectivity index (χ1) is 7.70. The second-order valence-electron chi connectivity index (χ2n) is 4.03. The summed E-state index contributed by atoms with van der Waals surface area (Å²) in [7, 11) is 0. The highest BCUT2D eigenvalue weighted by atomic mass is 16.4. The van der Waals surface area contributed by atoms with Gasteiger partial charge in [-0.2, -0.15) is 0 Å². The second kappa shape index (κ2) is 4.47. The number of carboxylic acid groups (broad SMARTS) is 1. The minimum Gasteiger partial charge on any atom is -0.477 e. The van der Waals surface area contributed by atoms with Crippen molar-refractivity contribution in [3.05, 3.63) is 18.0 Å². The zero-order valence-corrected chi connectivity index (χ0v) is 9.26. The van der Waals surface area contributed by atoms with Crippen molar-refractivity contribution in [2.24, 2.45) is 5.92 Å². The molecule has 1 aromatic heterocycles. The van der Waals surface area contributed by atoms with Gasteiger partial charge in [-0.25, -0.2) is 14.8 Å². The van der Waals surface area contributed by atoms with Crippen molar-refractivity contribution < 1.29 is 9.90 Å². The van der Waals surface area contributed by atoms with Gasteiger partial charge in [0.1, 0.15) is 0 Å². The van der Waals surface area contributed by atoms with Crippen molar-refractivity contribution in [3.8, 4) is 0 Å². The molecule has 0 spiro atoms. The van der Waals surface area contributed by atoms with E-state index in [0.29, 0.717) is 5.95 Å². The van der Waals surface area contributed by atoms with E-state index < -0.39 is 5.97 Å². The number of hydrogen-bond acceptors (Lipinski definition) is 4. The van der Waals surface area contributed by atoms with Crippen LogP contribution < -0.4 is 4.90 Å². The molecule has 1 aliphatic rings. The topological polar surface area (TPSA) is 66.3 Å². The molecule has 1 N–H and O–H groups in total. The predicted molar refractivity (Wildman–Crippen MR) is 59.6 cm³/mol. The van der Waals surface area contributed by atoms with Crippen LogP contribution in [0.2, 0.25) is 0 Å². The molecule has 0 saturated heterocycles. The van der Waals surface area contributed by atoms with Gasteiger partial charge in [0, 0.05) is 19.3 Å². The molecule has 2 rings (SSSR count). The van der Waals surface area contributed by atoms with Crippen molar-refractivity contribution in [2.75, 3.05) is 18.0 Å². The first kappa shape index (κ1) is 10.9. The van der Waals surface area contributed by atoms with Gasteiger partial charge in [-0.05, 0) is 31.7 Å². The van der Waals surface area contributed by atoms with Gasteiger partial charge in [0.15, 0.2) is 5.69 Å². The number of carboxylic acids is 1. The largest absolute Gasteiger partial charge is 0.477 e. The lowest BCUT2D eigenvalue weighted by Crippen LogP contribution is -2.27. The Bertz CT molecular complexity index is 391. The van der Waals surface area contributed by atoms with E-state index in [0.717, 1.165) is 19.0 Å². The molecule has 0 aromatic carbocycles. The van der Waals surface area contributed by atoms with Crippen LogP contribution in [-0.2, 0) is 0 Å². The minimum absolute atomic E-state index is 0.0549. The molecule has 1 saturated carbocycles. The summed E-state index contributed by atoms with van der Waals surface area (Å²) >= 11 is 0. The highest BCUT2D eigenvalue weighted by Gasteiger charge is 2.25. The van der Waals surface area contributed by atoms with E-state index in [2.05, 4.69) is 9.97 Å². The lowest BCUT2D eigenvalue weighted by molar-refractivity contribution is 0.0690. The Hall–Kier alpha value is -1.65. The molecular weight excluding hydrogens is 206 g/mol. The lowest BCUT2D eigenvalue weighted by atomic mass is 10.3. The second-order valence-corrected chi connectivity index (χ2v) is 4.03. The van der Waals surface area contributed by atoms with Crippen molar-refractivity contribution >= 4 is 11.9 Å². The third-order valence-electron chi connectivity index (χ3n) is 2.70. The molecule has 1 aromatic rings. The normalized spacial score (nSPS) is 14.8. The number of hydrogen-bond donors (Lipinski definition) is 1. The van der Waals surface area contributed by atoms with Crippen LogP contribution in [0.25, 0.3) is 0 Å². The lowest BCUT2D eigenvalue weighted by Gasteiger charge is -2.20. The molecule has 1 aliphatic carbocycles. The molecule has 16 heavy (non-hydrogen) atoms. The summed E-state index contributed by atoms with van der Waals surface area (Å²) in [6.07, 6.45) is 4.02. The van der Waals surface area contributed by atoms with Gasteiger partial charge < -0.3 is 10.0 Å². The molecule has 0 unspecified atom stereocenters. The summed E-state index contributed by atoms with van der Waals surface area (Å²) in [6.45, 7) is 3.76. The Morgan fingerprint density at radius 1 is 1.62 bits per heavy atom. The van der Waals surface area contributed by atoms with E-state index in [1.54, 1.807) is 0 Å². The molecule has 5 nitrogen and oxygen atoms in total. The SMILES string of the molecule is CCN(CC1CC1)c1nccc(C(=O)O)n1. The third-order valence-corrected chi connectivity index (χ3v) is 2.70. The maximum absolute atomic E-state index is 10.8. The Morgan fingerprint density at radius 2 is 2.38 bits per heavy atom. The average molecular weight is 221 g/mol. The van der Waals surface area contributed by atoms with Gasteiger partial charge >= 0.3 is 5.97 Å². The Morgan fingerprint density at radius 3 is 2.94 bits per heavy atom. The number of aromatic nitrogens is 2. The predicted octanol–water partition coefficient (Wildman–Crippen LogP) is 1.41. The third kappa shape index (κ3) is 2.48. The Labute approximate surface area is 94.1 Å². The highest BCUT2D eigenvalue weighted by Crippen LogP contribution is 2.30. The van der Waals surface area contributed by atoms with Crippen molar-refractivity contribution in [1.82, 2.24) is 9.97 Å². The molecule has 86 valence electrons. The average Bonchev–Trinajstić information content (AvgIpc) is 3.10. The summed E-state index contributed by atoms with van der Waals surface area (Å²) in [5.41, 5.74) is 0.0549. The summed E-state index contributed by atoms with van der Waals surface area (Å²) < 4.78 is 0. The van der Waals surface area contributed by atoms with Crippen LogP contribution in [0, 0.1) is 5.92 Å². The monoisotopic (exact) mass is 221 g/mol. The molecule has 0 aliphatic heterocycles. The van der Waals surface area contributed by atoms with E-state index in [-0.39, 0.29) is 5.69 Å². The first-order valence-corrected chi connectivity index (χ1v) is 5.52. The van der Waals surface area contributed by atoms with Crippen LogP contribution in [0.15, 0.2) is 12.3 Å². The van der Waals surface area contributed by atoms with E-state index in [4.69, 9.17) is 5.11 Å². The molecule has 0 radical (unpaired) electrons. The van der Waals surface area contributed by atoms with E-state index in [9.17, 15) is 4.79 Å². The smallest absolute Gasteiger partial charge is 0.354 e. The fourth-order valence-electron chi connectivity index (χ4n) is 1.58. The number of nitrogens with zero attached hydrogens (tertiary/aromatic N) is 3. The number of carbonyl (C=O) groups is 1.